The monoisotopic (exact) mass is 460 g/mol. The standard InChI is InChI=1S/C16H12ClF3N6O5/c1-23-12-11(13(28)24(2)15(23)29)25(14(17)22-12)6-10(27)21-9-4-3-7(26(30)31)5-8(9)16(18,19)20/h3-5H,6H2,1-2H3,(H,21,27). The van der Waals surface area contributed by atoms with Gasteiger partial charge in [0.1, 0.15) is 6.54 Å². The van der Waals surface area contributed by atoms with Gasteiger partial charge in [0.25, 0.3) is 11.2 Å². The lowest BCUT2D eigenvalue weighted by Crippen LogP contribution is -2.37. The van der Waals surface area contributed by atoms with E-state index in [0.29, 0.717) is 6.07 Å². The van der Waals surface area contributed by atoms with Crippen molar-refractivity contribution in [2.45, 2.75) is 12.7 Å². The quantitative estimate of drug-likeness (QED) is 0.357. The highest BCUT2D eigenvalue weighted by Crippen LogP contribution is 2.37. The minimum Gasteiger partial charge on any atom is -0.324 e. The summed E-state index contributed by atoms with van der Waals surface area (Å²) >= 11 is 5.98. The molecule has 0 aliphatic heterocycles. The predicted molar refractivity (Wildman–Crippen MR) is 102 cm³/mol. The number of aromatic nitrogens is 4. The molecule has 2 heterocycles. The third kappa shape index (κ3) is 3.88. The van der Waals surface area contributed by atoms with Crippen LogP contribution >= 0.6 is 11.6 Å². The van der Waals surface area contributed by atoms with Crippen molar-refractivity contribution in [2.24, 2.45) is 14.1 Å². The number of halogens is 4. The minimum absolute atomic E-state index is 0.114. The number of nitrogens with one attached hydrogen (secondary N) is 1. The number of hydrogen-bond donors (Lipinski definition) is 1. The molecule has 1 aromatic carbocycles. The van der Waals surface area contributed by atoms with E-state index in [9.17, 15) is 37.7 Å². The van der Waals surface area contributed by atoms with Gasteiger partial charge in [0, 0.05) is 26.2 Å². The number of fused-ring (bicyclic) bond motifs is 1. The Balaban J connectivity index is 2.02. The summed E-state index contributed by atoms with van der Waals surface area (Å²) < 4.78 is 42.6. The SMILES string of the molecule is Cn1c(=O)c2c(nc(Cl)n2CC(=O)Nc2ccc([N+](=O)[O-])cc2C(F)(F)F)n(C)c1=O. The molecule has 0 spiro atoms. The van der Waals surface area contributed by atoms with Crippen LogP contribution in [0.3, 0.4) is 0 Å². The van der Waals surface area contributed by atoms with Gasteiger partial charge in [-0.15, -0.1) is 0 Å². The smallest absolute Gasteiger partial charge is 0.324 e. The Morgan fingerprint density at radius 2 is 1.90 bits per heavy atom. The average Bonchev–Trinajstić information content (AvgIpc) is 3.00. The van der Waals surface area contributed by atoms with Crippen LogP contribution in [-0.4, -0.2) is 29.5 Å². The van der Waals surface area contributed by atoms with Crippen molar-refractivity contribution in [1.29, 1.82) is 0 Å². The van der Waals surface area contributed by atoms with E-state index < -0.39 is 51.7 Å². The average molecular weight is 461 g/mol. The molecule has 3 rings (SSSR count). The summed E-state index contributed by atoms with van der Waals surface area (Å²) in [7, 11) is 2.52. The van der Waals surface area contributed by atoms with E-state index in [1.54, 1.807) is 0 Å². The Hall–Kier alpha value is -3.68. The summed E-state index contributed by atoms with van der Waals surface area (Å²) in [4.78, 5) is 50.5. The largest absolute Gasteiger partial charge is 0.418 e. The number of amides is 1. The lowest BCUT2D eigenvalue weighted by atomic mass is 10.1. The highest BCUT2D eigenvalue weighted by Gasteiger charge is 2.35. The van der Waals surface area contributed by atoms with Gasteiger partial charge < -0.3 is 5.32 Å². The highest BCUT2D eigenvalue weighted by atomic mass is 35.5. The molecule has 0 fully saturated rings. The number of anilines is 1. The van der Waals surface area contributed by atoms with Crippen molar-refractivity contribution >= 4 is 40.0 Å². The van der Waals surface area contributed by atoms with Crippen LogP contribution in [0, 0.1) is 10.1 Å². The van der Waals surface area contributed by atoms with Gasteiger partial charge in [-0.3, -0.25) is 33.4 Å². The van der Waals surface area contributed by atoms with Crippen LogP contribution in [-0.2, 0) is 31.6 Å². The molecule has 1 amide bonds. The maximum absolute atomic E-state index is 13.3. The van der Waals surface area contributed by atoms with Gasteiger partial charge in [0.2, 0.25) is 11.2 Å². The number of hydrogen-bond acceptors (Lipinski definition) is 6. The predicted octanol–water partition coefficient (Wildman–Crippen LogP) is 1.65. The molecule has 2 aromatic heterocycles. The Bertz CT molecular complexity index is 1360. The van der Waals surface area contributed by atoms with Crippen molar-refractivity contribution in [2.75, 3.05) is 5.32 Å². The topological polar surface area (TPSA) is 134 Å². The minimum atomic E-state index is -4.98. The van der Waals surface area contributed by atoms with E-state index in [2.05, 4.69) is 4.98 Å². The number of alkyl halides is 3. The first-order valence-electron chi connectivity index (χ1n) is 8.30. The molecule has 0 aliphatic carbocycles. The van der Waals surface area contributed by atoms with Crippen molar-refractivity contribution in [1.82, 2.24) is 18.7 Å². The molecule has 1 N–H and O–H groups in total. The summed E-state index contributed by atoms with van der Waals surface area (Å²) in [6.45, 7) is -0.711. The third-order valence-electron chi connectivity index (χ3n) is 4.40. The van der Waals surface area contributed by atoms with Gasteiger partial charge in [-0.25, -0.2) is 4.79 Å². The van der Waals surface area contributed by atoms with Crippen LogP contribution in [0.2, 0.25) is 5.28 Å². The van der Waals surface area contributed by atoms with Crippen LogP contribution in [0.15, 0.2) is 27.8 Å². The number of carbonyl (C=O) groups excluding carboxylic acids is 1. The van der Waals surface area contributed by atoms with Crippen molar-refractivity contribution in [3.05, 3.63) is 60.0 Å². The van der Waals surface area contributed by atoms with Crippen LogP contribution in [0.5, 0.6) is 0 Å². The van der Waals surface area contributed by atoms with Crippen molar-refractivity contribution in [3.63, 3.8) is 0 Å². The number of aryl methyl sites for hydroxylation is 1. The fraction of sp³-hybridized carbons (Fsp3) is 0.250. The van der Waals surface area contributed by atoms with E-state index in [0.717, 1.165) is 25.8 Å². The zero-order valence-electron chi connectivity index (χ0n) is 15.7. The second kappa shape index (κ2) is 7.54. The summed E-state index contributed by atoms with van der Waals surface area (Å²) in [6, 6.07) is 1.84. The molecule has 0 radical (unpaired) electrons. The summed E-state index contributed by atoms with van der Waals surface area (Å²) in [5.74, 6) is -1.02. The van der Waals surface area contributed by atoms with Crippen molar-refractivity contribution < 1.29 is 22.9 Å². The zero-order valence-corrected chi connectivity index (χ0v) is 16.5. The Labute approximate surface area is 174 Å². The molecule has 0 saturated carbocycles. The van der Waals surface area contributed by atoms with Gasteiger partial charge in [-0.1, -0.05) is 0 Å². The maximum Gasteiger partial charge on any atom is 0.418 e. The first-order chi connectivity index (χ1) is 14.3. The molecule has 31 heavy (non-hydrogen) atoms. The molecule has 0 saturated heterocycles. The molecule has 3 aromatic rings. The first-order valence-corrected chi connectivity index (χ1v) is 8.68. The third-order valence-corrected chi connectivity index (χ3v) is 4.69. The summed E-state index contributed by atoms with van der Waals surface area (Å²) in [6.07, 6.45) is -4.98. The molecule has 11 nitrogen and oxygen atoms in total. The first kappa shape index (κ1) is 22.0. The Morgan fingerprint density at radius 3 is 2.48 bits per heavy atom. The number of nitrogens with zero attached hydrogens (tertiary/aromatic N) is 5. The second-order valence-corrected chi connectivity index (χ2v) is 6.72. The van der Waals surface area contributed by atoms with Gasteiger partial charge in [0.15, 0.2) is 11.2 Å². The van der Waals surface area contributed by atoms with Gasteiger partial charge in [-0.05, 0) is 17.7 Å². The van der Waals surface area contributed by atoms with E-state index in [1.807, 2.05) is 5.32 Å². The highest BCUT2D eigenvalue weighted by molar-refractivity contribution is 6.29. The number of benzene rings is 1. The molecule has 0 atom stereocenters. The fourth-order valence-corrected chi connectivity index (χ4v) is 3.11. The van der Waals surface area contributed by atoms with E-state index in [-0.39, 0.29) is 16.4 Å². The number of nitro benzene ring substituents is 1. The Morgan fingerprint density at radius 1 is 1.26 bits per heavy atom. The number of non-ortho nitro benzene ring substituents is 1. The number of carbonyl (C=O) groups is 1. The number of rotatable bonds is 4. The summed E-state index contributed by atoms with van der Waals surface area (Å²) in [5, 5.41) is 12.4. The molecule has 0 aliphatic rings. The molecule has 0 unspecified atom stereocenters. The molecular formula is C16H12ClF3N6O5. The second-order valence-electron chi connectivity index (χ2n) is 6.38. The van der Waals surface area contributed by atoms with Crippen LogP contribution in [0.1, 0.15) is 5.56 Å². The zero-order chi connectivity index (χ0) is 23.2. The van der Waals surface area contributed by atoms with E-state index in [4.69, 9.17) is 11.6 Å². The molecule has 164 valence electrons. The van der Waals surface area contributed by atoms with E-state index >= 15 is 0 Å². The lowest BCUT2D eigenvalue weighted by molar-refractivity contribution is -0.385. The van der Waals surface area contributed by atoms with Crippen LogP contribution in [0.4, 0.5) is 24.5 Å². The van der Waals surface area contributed by atoms with Gasteiger partial charge in [0.05, 0.1) is 16.2 Å². The van der Waals surface area contributed by atoms with E-state index in [1.165, 1.54) is 14.1 Å². The molecular weight excluding hydrogens is 449 g/mol. The molecule has 15 heteroatoms. The lowest BCUT2D eigenvalue weighted by Gasteiger charge is -2.14. The maximum atomic E-state index is 13.3. The normalized spacial score (nSPS) is 11.7. The fourth-order valence-electron chi connectivity index (χ4n) is 2.89. The van der Waals surface area contributed by atoms with Crippen LogP contribution in [0.25, 0.3) is 11.2 Å². The number of imidazole rings is 1. The van der Waals surface area contributed by atoms with Gasteiger partial charge >= 0.3 is 11.9 Å². The van der Waals surface area contributed by atoms with Gasteiger partial charge in [-0.2, -0.15) is 18.2 Å². The summed E-state index contributed by atoms with van der Waals surface area (Å²) in [5.41, 5.74) is -4.76. The molecule has 0 bridgehead atoms. The Kier molecular flexibility index (Phi) is 5.35. The van der Waals surface area contributed by atoms with Crippen molar-refractivity contribution in [3.8, 4) is 0 Å². The number of nitro groups is 1. The van der Waals surface area contributed by atoms with Crippen LogP contribution < -0.4 is 16.6 Å².